The van der Waals surface area contributed by atoms with E-state index < -0.39 is 5.54 Å². The molecule has 1 aliphatic carbocycles. The van der Waals surface area contributed by atoms with Crippen LogP contribution < -0.4 is 10.6 Å². The lowest BCUT2D eigenvalue weighted by molar-refractivity contribution is -0.143. The molecule has 3 rings (SSSR count). The van der Waals surface area contributed by atoms with Crippen LogP contribution in [0, 0.1) is 5.92 Å². The fraction of sp³-hybridized carbons (Fsp3) is 0.900. The van der Waals surface area contributed by atoms with E-state index in [4.69, 9.17) is 0 Å². The summed E-state index contributed by atoms with van der Waals surface area (Å²) in [6.45, 7) is 5.46. The number of amides is 2. The molecule has 5 nitrogen and oxygen atoms in total. The maximum atomic E-state index is 13.1. The number of fused-ring (bicyclic) bond motifs is 2. The van der Waals surface area contributed by atoms with E-state index in [0.29, 0.717) is 37.5 Å². The minimum absolute atomic E-state index is 0.0914. The number of hydrogen-bond acceptors (Lipinski definition) is 3. The summed E-state index contributed by atoms with van der Waals surface area (Å²) in [5.74, 6) is 0.701. The van der Waals surface area contributed by atoms with E-state index in [1.165, 1.54) is 19.3 Å². The average Bonchev–Trinajstić information content (AvgIpc) is 2.95. The standard InChI is InChI=1S/C20H35N3O2/c1-3-23(4-2)19(25)20(10-6-5-7-11-20)22-18(24)14-15-12-16-8-9-17(13-15)21-16/h15-17,21H,3-14H2,1-2H3,(H,22,24). The molecule has 3 aliphatic rings. The quantitative estimate of drug-likeness (QED) is 0.775. The summed E-state index contributed by atoms with van der Waals surface area (Å²) in [7, 11) is 0. The Labute approximate surface area is 152 Å². The van der Waals surface area contributed by atoms with Gasteiger partial charge in [-0.1, -0.05) is 19.3 Å². The van der Waals surface area contributed by atoms with Crippen LogP contribution in [0.2, 0.25) is 0 Å². The molecule has 0 aromatic rings. The molecule has 1 saturated carbocycles. The van der Waals surface area contributed by atoms with Gasteiger partial charge in [0.05, 0.1) is 0 Å². The summed E-state index contributed by atoms with van der Waals surface area (Å²) < 4.78 is 0. The minimum atomic E-state index is -0.646. The molecule has 2 heterocycles. The second-order valence-corrected chi connectivity index (χ2v) is 8.35. The summed E-state index contributed by atoms with van der Waals surface area (Å²) in [6, 6.07) is 1.22. The number of nitrogens with zero attached hydrogens (tertiary/aromatic N) is 1. The predicted octanol–water partition coefficient (Wildman–Crippen LogP) is 2.59. The summed E-state index contributed by atoms with van der Waals surface area (Å²) in [6.07, 6.45) is 10.2. The molecule has 2 bridgehead atoms. The van der Waals surface area contributed by atoms with Gasteiger partial charge in [-0.05, 0) is 58.3 Å². The lowest BCUT2D eigenvalue weighted by atomic mass is 9.79. The van der Waals surface area contributed by atoms with Crippen molar-refractivity contribution < 1.29 is 9.59 Å². The molecule has 2 saturated heterocycles. The predicted molar refractivity (Wildman–Crippen MR) is 99.2 cm³/mol. The Hall–Kier alpha value is -1.10. The third-order valence-corrected chi connectivity index (χ3v) is 6.59. The molecule has 0 radical (unpaired) electrons. The van der Waals surface area contributed by atoms with Gasteiger partial charge in [-0.25, -0.2) is 0 Å². The van der Waals surface area contributed by atoms with Crippen molar-refractivity contribution in [3.63, 3.8) is 0 Å². The zero-order valence-electron chi connectivity index (χ0n) is 16.0. The number of likely N-dealkylation sites (N-methyl/N-ethyl adjacent to an activating group) is 1. The molecule has 2 aliphatic heterocycles. The van der Waals surface area contributed by atoms with Gasteiger partial charge < -0.3 is 15.5 Å². The molecule has 0 aromatic heterocycles. The van der Waals surface area contributed by atoms with Crippen molar-refractivity contribution in [2.24, 2.45) is 5.92 Å². The third kappa shape index (κ3) is 4.18. The van der Waals surface area contributed by atoms with E-state index in [1.54, 1.807) is 0 Å². The SMILES string of the molecule is CCN(CC)C(=O)C1(NC(=O)CC2CC3CCC(C2)N3)CCCCC1. The molecule has 25 heavy (non-hydrogen) atoms. The van der Waals surface area contributed by atoms with Gasteiger partial charge >= 0.3 is 0 Å². The van der Waals surface area contributed by atoms with Gasteiger partial charge in [-0.2, -0.15) is 0 Å². The van der Waals surface area contributed by atoms with Gasteiger partial charge in [0.2, 0.25) is 11.8 Å². The van der Waals surface area contributed by atoms with E-state index in [9.17, 15) is 9.59 Å². The lowest BCUT2D eigenvalue weighted by Crippen LogP contribution is -2.60. The van der Waals surface area contributed by atoms with Crippen LogP contribution in [0.5, 0.6) is 0 Å². The molecule has 5 heteroatoms. The van der Waals surface area contributed by atoms with E-state index in [1.807, 2.05) is 18.7 Å². The molecule has 142 valence electrons. The Morgan fingerprint density at radius 2 is 1.64 bits per heavy atom. The molecular formula is C20H35N3O2. The Bertz CT molecular complexity index is 471. The molecule has 0 aromatic carbocycles. The second kappa shape index (κ2) is 8.07. The minimum Gasteiger partial charge on any atom is -0.342 e. The number of piperidine rings is 1. The van der Waals surface area contributed by atoms with Gasteiger partial charge in [0.15, 0.2) is 0 Å². The zero-order valence-corrected chi connectivity index (χ0v) is 16.0. The van der Waals surface area contributed by atoms with Crippen molar-refractivity contribution in [1.82, 2.24) is 15.5 Å². The van der Waals surface area contributed by atoms with Crippen LogP contribution in [0.1, 0.15) is 78.1 Å². The van der Waals surface area contributed by atoms with E-state index >= 15 is 0 Å². The highest BCUT2D eigenvalue weighted by Gasteiger charge is 2.43. The molecule has 2 unspecified atom stereocenters. The highest BCUT2D eigenvalue weighted by Crippen LogP contribution is 2.34. The van der Waals surface area contributed by atoms with Gasteiger partial charge in [0.25, 0.3) is 0 Å². The van der Waals surface area contributed by atoms with Crippen LogP contribution in [0.15, 0.2) is 0 Å². The Kier molecular flexibility index (Phi) is 6.03. The first-order valence-electron chi connectivity index (χ1n) is 10.4. The van der Waals surface area contributed by atoms with Crippen LogP contribution in [0.25, 0.3) is 0 Å². The summed E-state index contributed by atoms with van der Waals surface area (Å²) >= 11 is 0. The number of rotatable bonds is 6. The fourth-order valence-corrected chi connectivity index (χ4v) is 5.28. The topological polar surface area (TPSA) is 61.4 Å². The van der Waals surface area contributed by atoms with Crippen LogP contribution in [0.4, 0.5) is 0 Å². The van der Waals surface area contributed by atoms with Crippen LogP contribution in [0.3, 0.4) is 0 Å². The molecular weight excluding hydrogens is 314 g/mol. The summed E-state index contributed by atoms with van der Waals surface area (Å²) in [4.78, 5) is 27.8. The van der Waals surface area contributed by atoms with Crippen molar-refractivity contribution in [2.45, 2.75) is 95.7 Å². The van der Waals surface area contributed by atoms with Crippen molar-refractivity contribution in [2.75, 3.05) is 13.1 Å². The van der Waals surface area contributed by atoms with Crippen molar-refractivity contribution in [1.29, 1.82) is 0 Å². The van der Waals surface area contributed by atoms with Crippen LogP contribution >= 0.6 is 0 Å². The normalized spacial score (nSPS) is 30.7. The maximum Gasteiger partial charge on any atom is 0.248 e. The van der Waals surface area contributed by atoms with E-state index in [0.717, 1.165) is 38.5 Å². The molecule has 2 atom stereocenters. The molecule has 2 N–H and O–H groups in total. The number of carbonyl (C=O) groups is 2. The average molecular weight is 350 g/mol. The molecule has 3 fully saturated rings. The first-order chi connectivity index (χ1) is 12.1. The monoisotopic (exact) mass is 349 g/mol. The Morgan fingerprint density at radius 1 is 1.04 bits per heavy atom. The number of nitrogens with one attached hydrogen (secondary N) is 2. The van der Waals surface area contributed by atoms with Crippen LogP contribution in [-0.4, -0.2) is 47.4 Å². The summed E-state index contributed by atoms with van der Waals surface area (Å²) in [5.41, 5.74) is -0.646. The van der Waals surface area contributed by atoms with E-state index in [-0.39, 0.29) is 11.8 Å². The zero-order chi connectivity index (χ0) is 17.9. The second-order valence-electron chi connectivity index (χ2n) is 8.35. The van der Waals surface area contributed by atoms with Crippen molar-refractivity contribution in [3.05, 3.63) is 0 Å². The molecule has 0 spiro atoms. The third-order valence-electron chi connectivity index (χ3n) is 6.59. The highest BCUT2D eigenvalue weighted by molar-refractivity contribution is 5.91. The van der Waals surface area contributed by atoms with Gasteiger partial charge in [0, 0.05) is 31.6 Å². The van der Waals surface area contributed by atoms with Crippen molar-refractivity contribution in [3.8, 4) is 0 Å². The Balaban J connectivity index is 1.63. The van der Waals surface area contributed by atoms with E-state index in [2.05, 4.69) is 10.6 Å². The maximum absolute atomic E-state index is 13.1. The summed E-state index contributed by atoms with van der Waals surface area (Å²) in [5, 5.41) is 6.87. The largest absolute Gasteiger partial charge is 0.342 e. The first-order valence-corrected chi connectivity index (χ1v) is 10.4. The highest BCUT2D eigenvalue weighted by atomic mass is 16.2. The molecule has 2 amide bonds. The van der Waals surface area contributed by atoms with Crippen molar-refractivity contribution >= 4 is 11.8 Å². The van der Waals surface area contributed by atoms with Gasteiger partial charge in [-0.3, -0.25) is 9.59 Å². The first kappa shape index (κ1) is 18.7. The fourth-order valence-electron chi connectivity index (χ4n) is 5.28. The number of hydrogen-bond donors (Lipinski definition) is 2. The number of carbonyl (C=O) groups excluding carboxylic acids is 2. The Morgan fingerprint density at radius 3 is 2.20 bits per heavy atom. The van der Waals surface area contributed by atoms with Gasteiger partial charge in [0.1, 0.15) is 5.54 Å². The lowest BCUT2D eigenvalue weighted by Gasteiger charge is -2.40. The van der Waals surface area contributed by atoms with Crippen LogP contribution in [-0.2, 0) is 9.59 Å². The van der Waals surface area contributed by atoms with Gasteiger partial charge in [-0.15, -0.1) is 0 Å². The smallest absolute Gasteiger partial charge is 0.248 e.